The zero-order chi connectivity index (χ0) is 20.9. The highest BCUT2D eigenvalue weighted by Crippen LogP contribution is 2.25. The van der Waals surface area contributed by atoms with E-state index in [4.69, 9.17) is 9.90 Å². The monoisotopic (exact) mass is 402 g/mol. The van der Waals surface area contributed by atoms with Gasteiger partial charge in [-0.3, -0.25) is 4.79 Å². The standard InChI is InChI=1S/C16H14F2N2O.C2HF3O2/c17-12-6-3-7-13(18)15(12)20-16(21)14-11-5-2-1-4-10(11)8-9-19-14;3-2(4,5)1(6)7/h1-7,14,19H,8-9H2,(H,20,21);(H,6,7)/t14-;/m0./s1. The van der Waals surface area contributed by atoms with E-state index in [1.54, 1.807) is 0 Å². The largest absolute Gasteiger partial charge is 0.490 e. The number of carboxylic acids is 1. The lowest BCUT2D eigenvalue weighted by atomic mass is 9.94. The van der Waals surface area contributed by atoms with Crippen LogP contribution in [0.1, 0.15) is 17.2 Å². The summed E-state index contributed by atoms with van der Waals surface area (Å²) >= 11 is 0. The first kappa shape index (κ1) is 21.3. The van der Waals surface area contributed by atoms with E-state index < -0.39 is 41.4 Å². The van der Waals surface area contributed by atoms with Crippen molar-refractivity contribution in [3.05, 3.63) is 65.2 Å². The van der Waals surface area contributed by atoms with Crippen LogP contribution >= 0.6 is 0 Å². The molecule has 1 heterocycles. The van der Waals surface area contributed by atoms with E-state index >= 15 is 0 Å². The van der Waals surface area contributed by atoms with Crippen LogP contribution in [0.2, 0.25) is 0 Å². The molecule has 0 bridgehead atoms. The first-order chi connectivity index (χ1) is 13.1. The van der Waals surface area contributed by atoms with Crippen LogP contribution in [0.25, 0.3) is 0 Å². The molecule has 28 heavy (non-hydrogen) atoms. The molecule has 2 aromatic carbocycles. The minimum Gasteiger partial charge on any atom is -0.475 e. The summed E-state index contributed by atoms with van der Waals surface area (Å²) in [6.45, 7) is 0.648. The average molecular weight is 402 g/mol. The average Bonchev–Trinajstić information content (AvgIpc) is 2.64. The minimum absolute atomic E-state index is 0.410. The molecular formula is C18H15F5N2O3. The Labute approximate surface area is 156 Å². The fraction of sp³-hybridized carbons (Fsp3) is 0.222. The molecule has 0 aromatic heterocycles. The van der Waals surface area contributed by atoms with Crippen molar-refractivity contribution in [2.45, 2.75) is 18.6 Å². The van der Waals surface area contributed by atoms with E-state index in [1.807, 2.05) is 24.3 Å². The molecule has 10 heteroatoms. The Hall–Kier alpha value is -3.01. The molecule has 2 aromatic rings. The second kappa shape index (κ2) is 8.79. The molecule has 0 unspecified atom stereocenters. The second-order valence-electron chi connectivity index (χ2n) is 5.72. The van der Waals surface area contributed by atoms with Gasteiger partial charge in [0.05, 0.1) is 0 Å². The van der Waals surface area contributed by atoms with Crippen molar-refractivity contribution in [3.63, 3.8) is 0 Å². The number of hydrogen-bond donors (Lipinski definition) is 3. The van der Waals surface area contributed by atoms with Crippen LogP contribution in [0, 0.1) is 11.6 Å². The lowest BCUT2D eigenvalue weighted by Gasteiger charge is -2.26. The van der Waals surface area contributed by atoms with Crippen LogP contribution < -0.4 is 10.6 Å². The Morgan fingerprint density at radius 1 is 1.04 bits per heavy atom. The number of para-hydroxylation sites is 1. The van der Waals surface area contributed by atoms with E-state index in [9.17, 15) is 26.7 Å². The fourth-order valence-electron chi connectivity index (χ4n) is 2.55. The van der Waals surface area contributed by atoms with Gasteiger partial charge in [-0.15, -0.1) is 0 Å². The Bertz CT molecular complexity index is 850. The molecule has 150 valence electrons. The van der Waals surface area contributed by atoms with Crippen molar-refractivity contribution < 1.29 is 36.6 Å². The number of fused-ring (bicyclic) bond motifs is 1. The number of halogens is 5. The normalized spacial score (nSPS) is 15.7. The summed E-state index contributed by atoms with van der Waals surface area (Å²) in [5, 5.41) is 12.5. The van der Waals surface area contributed by atoms with Gasteiger partial charge < -0.3 is 15.7 Å². The number of benzene rings is 2. The Morgan fingerprint density at radius 2 is 1.61 bits per heavy atom. The Morgan fingerprint density at radius 3 is 2.18 bits per heavy atom. The number of carbonyl (C=O) groups excluding carboxylic acids is 1. The first-order valence-electron chi connectivity index (χ1n) is 7.97. The van der Waals surface area contributed by atoms with Gasteiger partial charge in [0.15, 0.2) is 0 Å². The van der Waals surface area contributed by atoms with Crippen LogP contribution in [0.5, 0.6) is 0 Å². The maximum absolute atomic E-state index is 13.6. The third kappa shape index (κ3) is 5.26. The molecule has 0 fully saturated rings. The van der Waals surface area contributed by atoms with Crippen molar-refractivity contribution in [2.24, 2.45) is 0 Å². The summed E-state index contributed by atoms with van der Waals surface area (Å²) in [6.07, 6.45) is -4.26. The highest BCUT2D eigenvalue weighted by Gasteiger charge is 2.38. The van der Waals surface area contributed by atoms with Crippen LogP contribution in [-0.2, 0) is 16.0 Å². The number of carboxylic acid groups (broad SMARTS) is 1. The number of nitrogens with one attached hydrogen (secondary N) is 2. The van der Waals surface area contributed by atoms with Gasteiger partial charge in [0.1, 0.15) is 23.4 Å². The van der Waals surface area contributed by atoms with Crippen LogP contribution in [0.15, 0.2) is 42.5 Å². The maximum atomic E-state index is 13.6. The smallest absolute Gasteiger partial charge is 0.475 e. The third-order valence-corrected chi connectivity index (χ3v) is 3.82. The molecule has 3 rings (SSSR count). The highest BCUT2D eigenvalue weighted by atomic mass is 19.4. The number of rotatable bonds is 2. The molecule has 1 atom stereocenters. The summed E-state index contributed by atoms with van der Waals surface area (Å²) < 4.78 is 58.9. The van der Waals surface area contributed by atoms with E-state index in [-0.39, 0.29) is 0 Å². The third-order valence-electron chi connectivity index (χ3n) is 3.82. The number of amides is 1. The predicted octanol–water partition coefficient (Wildman–Crippen LogP) is 3.42. The fourth-order valence-corrected chi connectivity index (χ4v) is 2.55. The number of carbonyl (C=O) groups is 2. The summed E-state index contributed by atoms with van der Waals surface area (Å²) in [4.78, 5) is 21.2. The van der Waals surface area contributed by atoms with Crippen molar-refractivity contribution in [1.29, 1.82) is 0 Å². The number of hydrogen-bond acceptors (Lipinski definition) is 3. The molecule has 0 saturated carbocycles. The van der Waals surface area contributed by atoms with Crippen molar-refractivity contribution in [3.8, 4) is 0 Å². The zero-order valence-corrected chi connectivity index (χ0v) is 14.2. The number of aliphatic carboxylic acids is 1. The Balaban J connectivity index is 0.000000345. The van der Waals surface area contributed by atoms with E-state index in [2.05, 4.69) is 10.6 Å². The van der Waals surface area contributed by atoms with Gasteiger partial charge in [-0.25, -0.2) is 13.6 Å². The van der Waals surface area contributed by atoms with Crippen molar-refractivity contribution >= 4 is 17.6 Å². The van der Waals surface area contributed by atoms with Crippen molar-refractivity contribution in [2.75, 3.05) is 11.9 Å². The van der Waals surface area contributed by atoms with E-state index in [0.717, 1.165) is 29.7 Å². The molecule has 0 spiro atoms. The quantitative estimate of drug-likeness (QED) is 0.673. The number of alkyl halides is 3. The van der Waals surface area contributed by atoms with Gasteiger partial charge in [0, 0.05) is 6.54 Å². The van der Waals surface area contributed by atoms with Crippen LogP contribution in [0.3, 0.4) is 0 Å². The molecule has 1 aliphatic rings. The second-order valence-corrected chi connectivity index (χ2v) is 5.72. The SMILES string of the molecule is O=C(Nc1c(F)cccc1F)[C@H]1NCCc2ccccc21.O=C(O)C(F)(F)F. The van der Waals surface area contributed by atoms with Crippen LogP contribution in [-0.4, -0.2) is 29.7 Å². The summed E-state index contributed by atoms with van der Waals surface area (Å²) in [5.74, 6) is -4.79. The maximum Gasteiger partial charge on any atom is 0.490 e. The first-order valence-corrected chi connectivity index (χ1v) is 7.97. The topological polar surface area (TPSA) is 78.4 Å². The zero-order valence-electron chi connectivity index (χ0n) is 14.2. The Kier molecular flexibility index (Phi) is 6.68. The predicted molar refractivity (Wildman–Crippen MR) is 89.6 cm³/mol. The molecule has 0 radical (unpaired) electrons. The van der Waals surface area contributed by atoms with Gasteiger partial charge in [-0.05, 0) is 29.7 Å². The molecule has 0 aliphatic carbocycles. The van der Waals surface area contributed by atoms with E-state index in [1.165, 1.54) is 6.07 Å². The summed E-state index contributed by atoms with van der Waals surface area (Å²) in [7, 11) is 0. The molecule has 3 N–H and O–H groups in total. The highest BCUT2D eigenvalue weighted by molar-refractivity contribution is 5.96. The summed E-state index contributed by atoms with van der Waals surface area (Å²) in [5.41, 5.74) is 1.51. The van der Waals surface area contributed by atoms with Gasteiger partial charge >= 0.3 is 12.1 Å². The van der Waals surface area contributed by atoms with Gasteiger partial charge in [0.2, 0.25) is 5.91 Å². The van der Waals surface area contributed by atoms with Gasteiger partial charge in [-0.1, -0.05) is 30.3 Å². The van der Waals surface area contributed by atoms with Crippen LogP contribution in [0.4, 0.5) is 27.6 Å². The molecule has 1 amide bonds. The lowest BCUT2D eigenvalue weighted by Crippen LogP contribution is -2.38. The van der Waals surface area contributed by atoms with Gasteiger partial charge in [0.25, 0.3) is 0 Å². The molecule has 1 aliphatic heterocycles. The van der Waals surface area contributed by atoms with E-state index in [0.29, 0.717) is 6.54 Å². The van der Waals surface area contributed by atoms with Crippen molar-refractivity contribution in [1.82, 2.24) is 5.32 Å². The minimum atomic E-state index is -5.08. The lowest BCUT2D eigenvalue weighted by molar-refractivity contribution is -0.192. The van der Waals surface area contributed by atoms with Gasteiger partial charge in [-0.2, -0.15) is 13.2 Å². The summed E-state index contributed by atoms with van der Waals surface area (Å²) in [6, 6.07) is 10.4. The molecular weight excluding hydrogens is 387 g/mol. The number of anilines is 1. The molecule has 0 saturated heterocycles. The molecule has 5 nitrogen and oxygen atoms in total.